The number of aromatic amines is 1. The van der Waals surface area contributed by atoms with Crippen LogP contribution in [0.4, 0.5) is 0 Å². The average molecular weight is 352 g/mol. The van der Waals surface area contributed by atoms with Crippen molar-refractivity contribution in [3.8, 4) is 0 Å². The Morgan fingerprint density at radius 3 is 3.00 bits per heavy atom. The van der Waals surface area contributed by atoms with Gasteiger partial charge in [0.1, 0.15) is 11.3 Å². The third-order valence-electron chi connectivity index (χ3n) is 5.03. The van der Waals surface area contributed by atoms with Gasteiger partial charge in [-0.1, -0.05) is 5.16 Å². The number of likely N-dealkylation sites (tertiary alicyclic amines) is 1. The summed E-state index contributed by atoms with van der Waals surface area (Å²) in [6.45, 7) is 4.77. The third-order valence-corrected chi connectivity index (χ3v) is 5.03. The fourth-order valence-corrected chi connectivity index (χ4v) is 3.69. The van der Waals surface area contributed by atoms with Crippen LogP contribution in [0.5, 0.6) is 0 Å². The lowest BCUT2D eigenvalue weighted by Gasteiger charge is -2.32. The molecule has 1 fully saturated rings. The van der Waals surface area contributed by atoms with Crippen molar-refractivity contribution < 1.29 is 9.32 Å². The predicted molar refractivity (Wildman–Crippen MR) is 96.2 cm³/mol. The molecule has 0 bridgehead atoms. The van der Waals surface area contributed by atoms with E-state index in [0.29, 0.717) is 41.0 Å². The highest BCUT2D eigenvalue weighted by Crippen LogP contribution is 2.28. The van der Waals surface area contributed by atoms with E-state index in [4.69, 9.17) is 4.52 Å². The summed E-state index contributed by atoms with van der Waals surface area (Å²) in [6, 6.07) is 5.44. The molecule has 7 heteroatoms. The quantitative estimate of drug-likeness (QED) is 0.765. The molecule has 1 aliphatic heterocycles. The molecule has 3 aromatic rings. The minimum Gasteiger partial charge on any atom is -0.361 e. The van der Waals surface area contributed by atoms with Crippen molar-refractivity contribution in [2.24, 2.45) is 0 Å². The Morgan fingerprint density at radius 1 is 1.38 bits per heavy atom. The summed E-state index contributed by atoms with van der Waals surface area (Å²) < 4.78 is 5.13. The van der Waals surface area contributed by atoms with Crippen LogP contribution in [-0.2, 0) is 0 Å². The van der Waals surface area contributed by atoms with Gasteiger partial charge in [-0.3, -0.25) is 14.6 Å². The van der Waals surface area contributed by atoms with E-state index in [0.717, 1.165) is 18.5 Å². The predicted octanol–water partition coefficient (Wildman–Crippen LogP) is 2.55. The molecule has 134 valence electrons. The molecule has 1 N–H and O–H groups in total. The van der Waals surface area contributed by atoms with E-state index in [9.17, 15) is 9.59 Å². The summed E-state index contributed by atoms with van der Waals surface area (Å²) >= 11 is 0. The van der Waals surface area contributed by atoms with E-state index in [1.165, 1.54) is 0 Å². The van der Waals surface area contributed by atoms with Crippen molar-refractivity contribution in [3.63, 3.8) is 0 Å². The summed E-state index contributed by atoms with van der Waals surface area (Å²) in [5, 5.41) is 4.46. The van der Waals surface area contributed by atoms with E-state index in [1.54, 1.807) is 32.2 Å². The van der Waals surface area contributed by atoms with Gasteiger partial charge in [-0.2, -0.15) is 0 Å². The van der Waals surface area contributed by atoms with Gasteiger partial charge in [0.05, 0.1) is 16.6 Å². The number of hydrogen-bond acceptors (Lipinski definition) is 5. The topological polar surface area (TPSA) is 92.1 Å². The van der Waals surface area contributed by atoms with Crippen molar-refractivity contribution in [1.82, 2.24) is 20.0 Å². The Balaban J connectivity index is 1.63. The molecule has 4 heterocycles. The SMILES string of the molecule is Cc1noc(C)c1C(=O)N1CCC[C@@H](c2cc3ncccc3c(=O)[nH]2)C1. The van der Waals surface area contributed by atoms with Crippen LogP contribution < -0.4 is 5.56 Å². The molecule has 0 aromatic carbocycles. The normalized spacial score (nSPS) is 17.6. The third kappa shape index (κ3) is 2.79. The van der Waals surface area contributed by atoms with Crippen LogP contribution in [0.15, 0.2) is 33.7 Å². The number of rotatable bonds is 2. The van der Waals surface area contributed by atoms with Crippen LogP contribution in [-0.4, -0.2) is 39.0 Å². The maximum absolute atomic E-state index is 12.9. The second-order valence-electron chi connectivity index (χ2n) is 6.78. The summed E-state index contributed by atoms with van der Waals surface area (Å²) in [4.78, 5) is 34.3. The largest absolute Gasteiger partial charge is 0.361 e. The lowest BCUT2D eigenvalue weighted by atomic mass is 9.93. The fraction of sp³-hybridized carbons (Fsp3) is 0.368. The minimum atomic E-state index is -0.139. The van der Waals surface area contributed by atoms with Gasteiger partial charge in [-0.05, 0) is 44.9 Å². The van der Waals surface area contributed by atoms with Crippen LogP contribution in [0.25, 0.3) is 10.9 Å². The Hall–Kier alpha value is -2.96. The highest BCUT2D eigenvalue weighted by atomic mass is 16.5. The van der Waals surface area contributed by atoms with Gasteiger partial charge >= 0.3 is 0 Å². The molecule has 4 rings (SSSR count). The molecule has 1 atom stereocenters. The highest BCUT2D eigenvalue weighted by molar-refractivity contribution is 5.96. The smallest absolute Gasteiger partial charge is 0.259 e. The lowest BCUT2D eigenvalue weighted by molar-refractivity contribution is 0.0703. The van der Waals surface area contributed by atoms with Gasteiger partial charge in [0, 0.05) is 30.9 Å². The van der Waals surface area contributed by atoms with Gasteiger partial charge in [0.25, 0.3) is 11.5 Å². The number of fused-ring (bicyclic) bond motifs is 1. The molecule has 1 amide bonds. The van der Waals surface area contributed by atoms with Gasteiger partial charge in [-0.15, -0.1) is 0 Å². The van der Waals surface area contributed by atoms with Crippen molar-refractivity contribution >= 4 is 16.8 Å². The number of aromatic nitrogens is 3. The van der Waals surface area contributed by atoms with Gasteiger partial charge in [-0.25, -0.2) is 0 Å². The van der Waals surface area contributed by atoms with E-state index in [2.05, 4.69) is 15.1 Å². The van der Waals surface area contributed by atoms with E-state index >= 15 is 0 Å². The minimum absolute atomic E-state index is 0.0628. The number of hydrogen-bond donors (Lipinski definition) is 1. The van der Waals surface area contributed by atoms with Crippen LogP contribution in [0.2, 0.25) is 0 Å². The van der Waals surface area contributed by atoms with Gasteiger partial charge in [0.2, 0.25) is 0 Å². The first-order valence-corrected chi connectivity index (χ1v) is 8.74. The van der Waals surface area contributed by atoms with Crippen LogP contribution in [0.3, 0.4) is 0 Å². The Morgan fingerprint density at radius 2 is 2.23 bits per heavy atom. The molecule has 7 nitrogen and oxygen atoms in total. The molecule has 0 saturated carbocycles. The summed E-state index contributed by atoms with van der Waals surface area (Å²) in [5.74, 6) is 0.553. The van der Waals surface area contributed by atoms with Gasteiger partial charge < -0.3 is 14.4 Å². The number of nitrogens with zero attached hydrogens (tertiary/aromatic N) is 3. The first kappa shape index (κ1) is 16.5. The van der Waals surface area contributed by atoms with Crippen molar-refractivity contribution in [1.29, 1.82) is 0 Å². The second kappa shape index (κ2) is 6.40. The van der Waals surface area contributed by atoms with E-state index in [1.807, 2.05) is 11.0 Å². The van der Waals surface area contributed by atoms with Crippen LogP contribution in [0.1, 0.15) is 46.3 Å². The van der Waals surface area contributed by atoms with Gasteiger partial charge in [0.15, 0.2) is 0 Å². The van der Waals surface area contributed by atoms with Crippen LogP contribution in [0, 0.1) is 13.8 Å². The summed E-state index contributed by atoms with van der Waals surface area (Å²) in [6.07, 6.45) is 3.47. The molecule has 3 aromatic heterocycles. The molecule has 0 aliphatic carbocycles. The molecule has 0 spiro atoms. The van der Waals surface area contributed by atoms with Crippen molar-refractivity contribution in [2.45, 2.75) is 32.6 Å². The summed E-state index contributed by atoms with van der Waals surface area (Å²) in [7, 11) is 0. The zero-order chi connectivity index (χ0) is 18.3. The zero-order valence-corrected chi connectivity index (χ0v) is 14.8. The molecule has 0 unspecified atom stereocenters. The maximum Gasteiger partial charge on any atom is 0.259 e. The first-order valence-electron chi connectivity index (χ1n) is 8.74. The number of aryl methyl sites for hydroxylation is 2. The summed E-state index contributed by atoms with van der Waals surface area (Å²) in [5.41, 5.74) is 2.52. The number of carbonyl (C=O) groups is 1. The lowest BCUT2D eigenvalue weighted by Crippen LogP contribution is -2.40. The Labute approximate surface area is 150 Å². The zero-order valence-electron chi connectivity index (χ0n) is 14.8. The molecule has 26 heavy (non-hydrogen) atoms. The number of pyridine rings is 2. The van der Waals surface area contributed by atoms with Crippen molar-refractivity contribution in [2.75, 3.05) is 13.1 Å². The van der Waals surface area contributed by atoms with Crippen LogP contribution >= 0.6 is 0 Å². The molecular weight excluding hydrogens is 332 g/mol. The molecule has 1 saturated heterocycles. The van der Waals surface area contributed by atoms with E-state index in [-0.39, 0.29) is 17.4 Å². The maximum atomic E-state index is 12.9. The number of carbonyl (C=O) groups excluding carboxylic acids is 1. The Bertz CT molecular complexity index is 1020. The first-order chi connectivity index (χ1) is 12.5. The number of amides is 1. The van der Waals surface area contributed by atoms with E-state index < -0.39 is 0 Å². The Kier molecular flexibility index (Phi) is 4.06. The van der Waals surface area contributed by atoms with Crippen molar-refractivity contribution in [3.05, 3.63) is 57.5 Å². The monoisotopic (exact) mass is 352 g/mol. The number of piperidine rings is 1. The highest BCUT2D eigenvalue weighted by Gasteiger charge is 2.29. The fourth-order valence-electron chi connectivity index (χ4n) is 3.69. The standard InChI is InChI=1S/C19H20N4O3/c1-11-17(12(2)26-22-11)19(25)23-8-4-5-13(10-23)15-9-16-14(18(24)21-15)6-3-7-20-16/h3,6-7,9,13H,4-5,8,10H2,1-2H3,(H,21,24)/t13-/m1/s1. The molecule has 1 aliphatic rings. The second-order valence-corrected chi connectivity index (χ2v) is 6.78. The molecule has 0 radical (unpaired) electrons. The molecular formula is C19H20N4O3. The average Bonchev–Trinajstić information content (AvgIpc) is 2.99. The number of H-pyrrole nitrogens is 1. The number of nitrogens with one attached hydrogen (secondary N) is 1.